The van der Waals surface area contributed by atoms with E-state index in [0.717, 1.165) is 44.2 Å². The molecule has 3 N–H and O–H groups in total. The minimum atomic E-state index is 0. The lowest BCUT2D eigenvalue weighted by atomic mass is 9.99. The van der Waals surface area contributed by atoms with Crippen LogP contribution in [0.3, 0.4) is 0 Å². The highest BCUT2D eigenvalue weighted by Crippen LogP contribution is 2.15. The van der Waals surface area contributed by atoms with Crippen molar-refractivity contribution >= 4 is 29.9 Å². The lowest BCUT2D eigenvalue weighted by Crippen LogP contribution is -2.40. The Balaban J connectivity index is 0.00000338. The molecule has 1 aromatic carbocycles. The second-order valence-corrected chi connectivity index (χ2v) is 7.07. The number of nitrogens with one attached hydrogen (secondary N) is 2. The third kappa shape index (κ3) is 9.07. The molecule has 148 valence electrons. The molecule has 0 aromatic heterocycles. The Morgan fingerprint density at radius 2 is 1.73 bits per heavy atom. The SMILES string of the molecule is CN=C(NCCCc1ccc(O)cc1)NCCCN1CCC(C)CC1.I. The molecule has 1 fully saturated rings. The van der Waals surface area contributed by atoms with Crippen LogP contribution in [0.25, 0.3) is 0 Å². The first-order chi connectivity index (χ1) is 12.2. The summed E-state index contributed by atoms with van der Waals surface area (Å²) in [5, 5.41) is 16.1. The number of aryl methyl sites for hydroxylation is 1. The summed E-state index contributed by atoms with van der Waals surface area (Å²) in [6, 6.07) is 7.44. The fraction of sp³-hybridized carbons (Fsp3) is 0.650. The molecule has 0 saturated carbocycles. The van der Waals surface area contributed by atoms with Gasteiger partial charge in [0.1, 0.15) is 5.75 Å². The molecule has 26 heavy (non-hydrogen) atoms. The molecule has 1 heterocycles. The number of piperidine rings is 1. The molecule has 0 amide bonds. The molecule has 0 spiro atoms. The number of aliphatic imine (C=N–C) groups is 1. The van der Waals surface area contributed by atoms with Crippen LogP contribution < -0.4 is 10.6 Å². The Morgan fingerprint density at radius 1 is 1.12 bits per heavy atom. The summed E-state index contributed by atoms with van der Waals surface area (Å²) in [6.45, 7) is 7.90. The second-order valence-electron chi connectivity index (χ2n) is 7.07. The zero-order valence-corrected chi connectivity index (χ0v) is 18.5. The van der Waals surface area contributed by atoms with E-state index in [1.807, 2.05) is 19.2 Å². The van der Waals surface area contributed by atoms with Crippen LogP contribution in [0.15, 0.2) is 29.3 Å². The molecule has 0 radical (unpaired) electrons. The number of benzene rings is 1. The first kappa shape index (κ1) is 23.0. The molecule has 1 aliphatic heterocycles. The largest absolute Gasteiger partial charge is 0.508 e. The van der Waals surface area contributed by atoms with Crippen molar-refractivity contribution in [2.24, 2.45) is 10.9 Å². The van der Waals surface area contributed by atoms with Crippen molar-refractivity contribution in [3.63, 3.8) is 0 Å². The number of rotatable bonds is 8. The number of halogens is 1. The van der Waals surface area contributed by atoms with Crippen molar-refractivity contribution in [2.75, 3.05) is 39.8 Å². The van der Waals surface area contributed by atoms with Crippen LogP contribution in [0.4, 0.5) is 0 Å². The highest BCUT2D eigenvalue weighted by molar-refractivity contribution is 14.0. The van der Waals surface area contributed by atoms with E-state index in [4.69, 9.17) is 0 Å². The Hall–Kier alpha value is -1.02. The molecule has 5 nitrogen and oxygen atoms in total. The maximum absolute atomic E-state index is 9.29. The van der Waals surface area contributed by atoms with Gasteiger partial charge in [0.15, 0.2) is 5.96 Å². The average molecular weight is 474 g/mol. The number of phenolic OH excluding ortho intramolecular Hbond substituents is 1. The average Bonchev–Trinajstić information content (AvgIpc) is 2.63. The molecule has 1 saturated heterocycles. The Bertz CT molecular complexity index is 513. The van der Waals surface area contributed by atoms with E-state index < -0.39 is 0 Å². The van der Waals surface area contributed by atoms with Crippen LogP contribution in [0.2, 0.25) is 0 Å². The molecule has 6 heteroatoms. The number of likely N-dealkylation sites (tertiary alicyclic amines) is 1. The highest BCUT2D eigenvalue weighted by Gasteiger charge is 2.14. The Morgan fingerprint density at radius 3 is 2.35 bits per heavy atom. The maximum Gasteiger partial charge on any atom is 0.190 e. The predicted octanol–water partition coefficient (Wildman–Crippen LogP) is 3.23. The zero-order chi connectivity index (χ0) is 17.9. The first-order valence-corrected chi connectivity index (χ1v) is 9.62. The first-order valence-electron chi connectivity index (χ1n) is 9.62. The lowest BCUT2D eigenvalue weighted by Gasteiger charge is -2.30. The van der Waals surface area contributed by atoms with Gasteiger partial charge in [-0.3, -0.25) is 4.99 Å². The number of hydrogen-bond donors (Lipinski definition) is 3. The molecule has 0 unspecified atom stereocenters. The predicted molar refractivity (Wildman–Crippen MR) is 121 cm³/mol. The quantitative estimate of drug-likeness (QED) is 0.234. The normalized spacial score (nSPS) is 16.2. The van der Waals surface area contributed by atoms with Crippen LogP contribution in [-0.4, -0.2) is 55.7 Å². The molecule has 1 aliphatic rings. The number of phenols is 1. The van der Waals surface area contributed by atoms with Crippen molar-refractivity contribution in [2.45, 2.75) is 39.0 Å². The molecular weight excluding hydrogens is 439 g/mol. The minimum Gasteiger partial charge on any atom is -0.508 e. The molecular formula is C20H35IN4O. The number of nitrogens with zero attached hydrogens (tertiary/aromatic N) is 2. The van der Waals surface area contributed by atoms with Crippen molar-refractivity contribution in [3.8, 4) is 5.75 Å². The van der Waals surface area contributed by atoms with Crippen LogP contribution in [0.1, 0.15) is 38.2 Å². The highest BCUT2D eigenvalue weighted by atomic mass is 127. The second kappa shape index (κ2) is 13.2. The summed E-state index contributed by atoms with van der Waals surface area (Å²) in [7, 11) is 1.82. The van der Waals surface area contributed by atoms with Gasteiger partial charge in [-0.15, -0.1) is 24.0 Å². The molecule has 0 atom stereocenters. The molecule has 0 bridgehead atoms. The van der Waals surface area contributed by atoms with Gasteiger partial charge in [0.2, 0.25) is 0 Å². The Labute approximate surface area is 175 Å². The van der Waals surface area contributed by atoms with Gasteiger partial charge < -0.3 is 20.6 Å². The molecule has 1 aromatic rings. The lowest BCUT2D eigenvalue weighted by molar-refractivity contribution is 0.191. The van der Waals surface area contributed by atoms with Gasteiger partial charge in [0, 0.05) is 20.1 Å². The maximum atomic E-state index is 9.29. The summed E-state index contributed by atoms with van der Waals surface area (Å²) in [6.07, 6.45) is 5.88. The van der Waals surface area contributed by atoms with Gasteiger partial charge in [-0.2, -0.15) is 0 Å². The summed E-state index contributed by atoms with van der Waals surface area (Å²) in [5.74, 6) is 2.11. The fourth-order valence-corrected chi connectivity index (χ4v) is 3.18. The standard InChI is InChI=1S/C20H34N4O.HI/c1-17-10-15-24(16-11-17)14-4-13-23-20(21-2)22-12-3-5-18-6-8-19(25)9-7-18;/h6-9,17,25H,3-5,10-16H2,1-2H3,(H2,21,22,23);1H. The van der Waals surface area contributed by atoms with Gasteiger partial charge in [0.05, 0.1) is 0 Å². The smallest absolute Gasteiger partial charge is 0.190 e. The van der Waals surface area contributed by atoms with Crippen LogP contribution in [-0.2, 0) is 6.42 Å². The third-order valence-electron chi connectivity index (χ3n) is 4.91. The van der Waals surface area contributed by atoms with Crippen LogP contribution in [0.5, 0.6) is 5.75 Å². The summed E-state index contributed by atoms with van der Waals surface area (Å²) >= 11 is 0. The number of aromatic hydroxyl groups is 1. The van der Waals surface area contributed by atoms with Crippen LogP contribution in [0, 0.1) is 5.92 Å². The van der Waals surface area contributed by atoms with E-state index in [1.54, 1.807) is 12.1 Å². The molecule has 2 rings (SSSR count). The minimum absolute atomic E-state index is 0. The van der Waals surface area contributed by atoms with E-state index in [-0.39, 0.29) is 24.0 Å². The van der Waals surface area contributed by atoms with E-state index in [9.17, 15) is 5.11 Å². The van der Waals surface area contributed by atoms with Gasteiger partial charge in [0.25, 0.3) is 0 Å². The third-order valence-corrected chi connectivity index (χ3v) is 4.91. The topological polar surface area (TPSA) is 59.9 Å². The van der Waals surface area contributed by atoms with E-state index in [2.05, 4.69) is 27.4 Å². The van der Waals surface area contributed by atoms with Gasteiger partial charge >= 0.3 is 0 Å². The monoisotopic (exact) mass is 474 g/mol. The van der Waals surface area contributed by atoms with E-state index >= 15 is 0 Å². The fourth-order valence-electron chi connectivity index (χ4n) is 3.18. The van der Waals surface area contributed by atoms with Crippen molar-refractivity contribution in [1.82, 2.24) is 15.5 Å². The van der Waals surface area contributed by atoms with Crippen molar-refractivity contribution in [3.05, 3.63) is 29.8 Å². The number of guanidine groups is 1. The van der Waals surface area contributed by atoms with Crippen LogP contribution >= 0.6 is 24.0 Å². The van der Waals surface area contributed by atoms with Crippen molar-refractivity contribution < 1.29 is 5.11 Å². The number of hydrogen-bond acceptors (Lipinski definition) is 3. The van der Waals surface area contributed by atoms with Crippen molar-refractivity contribution in [1.29, 1.82) is 0 Å². The summed E-state index contributed by atoms with van der Waals surface area (Å²) < 4.78 is 0. The summed E-state index contributed by atoms with van der Waals surface area (Å²) in [5.41, 5.74) is 1.25. The Kier molecular flexibility index (Phi) is 11.7. The van der Waals surface area contributed by atoms with E-state index in [1.165, 1.54) is 38.0 Å². The zero-order valence-electron chi connectivity index (χ0n) is 16.2. The summed E-state index contributed by atoms with van der Waals surface area (Å²) in [4.78, 5) is 6.87. The van der Waals surface area contributed by atoms with Gasteiger partial charge in [-0.05, 0) is 75.4 Å². The van der Waals surface area contributed by atoms with Gasteiger partial charge in [-0.25, -0.2) is 0 Å². The van der Waals surface area contributed by atoms with E-state index in [0.29, 0.717) is 5.75 Å². The van der Waals surface area contributed by atoms with Gasteiger partial charge in [-0.1, -0.05) is 19.1 Å². The molecule has 0 aliphatic carbocycles.